The summed E-state index contributed by atoms with van der Waals surface area (Å²) in [5.74, 6) is -0.861. The number of anilines is 1. The van der Waals surface area contributed by atoms with Crippen molar-refractivity contribution in [2.75, 3.05) is 5.32 Å². The van der Waals surface area contributed by atoms with Crippen LogP contribution in [0.25, 0.3) is 0 Å². The summed E-state index contributed by atoms with van der Waals surface area (Å²) in [5, 5.41) is 11.8. The lowest BCUT2D eigenvalue weighted by Crippen LogP contribution is -2.01. The molecule has 0 heterocycles. The van der Waals surface area contributed by atoms with Crippen molar-refractivity contribution in [3.8, 4) is 6.07 Å². The number of hydrogen-bond donors (Lipinski definition) is 1. The van der Waals surface area contributed by atoms with Crippen LogP contribution in [0.2, 0.25) is 0 Å². The van der Waals surface area contributed by atoms with Crippen LogP contribution in [0.4, 0.5) is 14.5 Å². The molecule has 1 N–H and O–H groups in total. The average Bonchev–Trinajstić information content (AvgIpc) is 2.39. The van der Waals surface area contributed by atoms with Gasteiger partial charge in [0, 0.05) is 16.7 Å². The van der Waals surface area contributed by atoms with Crippen molar-refractivity contribution in [2.24, 2.45) is 0 Å². The number of nitriles is 1. The molecule has 0 fully saturated rings. The third kappa shape index (κ3) is 3.30. The second-order valence-corrected chi connectivity index (χ2v) is 4.76. The van der Waals surface area contributed by atoms with E-state index in [2.05, 4.69) is 21.2 Å². The highest BCUT2D eigenvalue weighted by Crippen LogP contribution is 2.23. The normalized spacial score (nSPS) is 10.0. The first-order valence-corrected chi connectivity index (χ1v) is 6.27. The van der Waals surface area contributed by atoms with Gasteiger partial charge in [-0.15, -0.1) is 0 Å². The van der Waals surface area contributed by atoms with E-state index in [1.807, 2.05) is 0 Å². The van der Waals surface area contributed by atoms with Crippen molar-refractivity contribution < 1.29 is 8.78 Å². The Balaban J connectivity index is 2.13. The molecule has 2 rings (SSSR count). The lowest BCUT2D eigenvalue weighted by atomic mass is 10.1. The number of rotatable bonds is 3. The van der Waals surface area contributed by atoms with Gasteiger partial charge in [-0.1, -0.05) is 6.07 Å². The molecule has 0 bridgehead atoms. The van der Waals surface area contributed by atoms with E-state index in [9.17, 15) is 8.78 Å². The van der Waals surface area contributed by atoms with Gasteiger partial charge in [0.15, 0.2) is 0 Å². The molecule has 0 amide bonds. The topological polar surface area (TPSA) is 35.8 Å². The van der Waals surface area contributed by atoms with E-state index in [-0.39, 0.29) is 11.4 Å². The van der Waals surface area contributed by atoms with Crippen molar-refractivity contribution in [1.29, 1.82) is 5.26 Å². The number of benzene rings is 2. The zero-order valence-corrected chi connectivity index (χ0v) is 11.3. The Morgan fingerprint density at radius 3 is 2.63 bits per heavy atom. The number of nitrogens with zero attached hydrogens (tertiary/aromatic N) is 1. The van der Waals surface area contributed by atoms with Crippen LogP contribution in [0.5, 0.6) is 0 Å². The van der Waals surface area contributed by atoms with E-state index in [4.69, 9.17) is 5.26 Å². The van der Waals surface area contributed by atoms with Crippen LogP contribution in [0.3, 0.4) is 0 Å². The van der Waals surface area contributed by atoms with Crippen molar-refractivity contribution in [2.45, 2.75) is 6.54 Å². The largest absolute Gasteiger partial charge is 0.380 e. The maximum Gasteiger partial charge on any atom is 0.140 e. The smallest absolute Gasteiger partial charge is 0.140 e. The standard InChI is InChI=1S/C14H9BrF2N2/c15-12-6-11(16)2-4-14(12)19-8-9-1-3-13(17)10(5-9)7-18/h1-6,19H,8H2. The molecule has 0 aliphatic carbocycles. The zero-order valence-electron chi connectivity index (χ0n) is 9.75. The van der Waals surface area contributed by atoms with Crippen LogP contribution in [-0.4, -0.2) is 0 Å². The Bertz CT molecular complexity index is 650. The van der Waals surface area contributed by atoms with E-state index in [0.717, 1.165) is 11.3 Å². The van der Waals surface area contributed by atoms with Gasteiger partial charge in [-0.3, -0.25) is 0 Å². The molecule has 0 saturated heterocycles. The molecule has 0 aliphatic heterocycles. The fraction of sp³-hybridized carbons (Fsp3) is 0.0714. The van der Waals surface area contributed by atoms with Gasteiger partial charge in [0.1, 0.15) is 17.7 Å². The van der Waals surface area contributed by atoms with Gasteiger partial charge < -0.3 is 5.32 Å². The van der Waals surface area contributed by atoms with Gasteiger partial charge in [-0.05, 0) is 51.8 Å². The minimum atomic E-state index is -0.533. The summed E-state index contributed by atoms with van der Waals surface area (Å²) in [6.07, 6.45) is 0. The van der Waals surface area contributed by atoms with E-state index < -0.39 is 5.82 Å². The molecular formula is C14H9BrF2N2. The Morgan fingerprint density at radius 1 is 1.16 bits per heavy atom. The molecule has 2 aromatic carbocycles. The quantitative estimate of drug-likeness (QED) is 0.918. The fourth-order valence-electron chi connectivity index (χ4n) is 1.60. The molecule has 2 nitrogen and oxygen atoms in total. The Morgan fingerprint density at radius 2 is 1.95 bits per heavy atom. The van der Waals surface area contributed by atoms with E-state index >= 15 is 0 Å². The van der Waals surface area contributed by atoms with Crippen LogP contribution >= 0.6 is 15.9 Å². The summed E-state index contributed by atoms with van der Waals surface area (Å²) in [5.41, 5.74) is 1.51. The summed E-state index contributed by atoms with van der Waals surface area (Å²) in [6, 6.07) is 10.4. The van der Waals surface area contributed by atoms with Crippen molar-refractivity contribution in [1.82, 2.24) is 0 Å². The van der Waals surface area contributed by atoms with Gasteiger partial charge in [0.2, 0.25) is 0 Å². The monoisotopic (exact) mass is 322 g/mol. The molecule has 19 heavy (non-hydrogen) atoms. The Hall–Kier alpha value is -1.93. The van der Waals surface area contributed by atoms with Crippen LogP contribution in [-0.2, 0) is 6.54 Å². The molecule has 0 unspecified atom stereocenters. The van der Waals surface area contributed by atoms with Crippen LogP contribution in [0, 0.1) is 23.0 Å². The minimum Gasteiger partial charge on any atom is -0.380 e. The Labute approximate surface area is 117 Å². The van der Waals surface area contributed by atoms with Gasteiger partial charge in [-0.25, -0.2) is 8.78 Å². The van der Waals surface area contributed by atoms with Crippen LogP contribution in [0.1, 0.15) is 11.1 Å². The van der Waals surface area contributed by atoms with Crippen LogP contribution in [0.15, 0.2) is 40.9 Å². The van der Waals surface area contributed by atoms with E-state index in [1.54, 1.807) is 18.2 Å². The molecule has 0 aliphatic rings. The van der Waals surface area contributed by atoms with Crippen molar-refractivity contribution in [3.05, 3.63) is 63.6 Å². The lowest BCUT2D eigenvalue weighted by Gasteiger charge is -2.09. The molecule has 0 aromatic heterocycles. The summed E-state index contributed by atoms with van der Waals surface area (Å²) >= 11 is 3.25. The zero-order chi connectivity index (χ0) is 13.8. The third-order valence-electron chi connectivity index (χ3n) is 2.57. The Kier molecular flexibility index (Phi) is 4.13. The number of hydrogen-bond acceptors (Lipinski definition) is 2. The average molecular weight is 323 g/mol. The van der Waals surface area contributed by atoms with Crippen LogP contribution < -0.4 is 5.32 Å². The molecular weight excluding hydrogens is 314 g/mol. The van der Waals surface area contributed by atoms with E-state index in [1.165, 1.54) is 24.3 Å². The second-order valence-electron chi connectivity index (χ2n) is 3.90. The molecule has 5 heteroatoms. The van der Waals surface area contributed by atoms with Crippen molar-refractivity contribution in [3.63, 3.8) is 0 Å². The number of halogens is 3. The van der Waals surface area contributed by atoms with Gasteiger partial charge in [-0.2, -0.15) is 5.26 Å². The summed E-state index contributed by atoms with van der Waals surface area (Å²) in [6.45, 7) is 0.416. The minimum absolute atomic E-state index is 0.0115. The molecule has 0 spiro atoms. The summed E-state index contributed by atoms with van der Waals surface area (Å²) < 4.78 is 26.7. The molecule has 96 valence electrons. The van der Waals surface area contributed by atoms with Gasteiger partial charge in [0.05, 0.1) is 5.56 Å². The molecule has 0 saturated carbocycles. The fourth-order valence-corrected chi connectivity index (χ4v) is 2.09. The highest BCUT2D eigenvalue weighted by molar-refractivity contribution is 9.10. The first kappa shape index (κ1) is 13.5. The molecule has 2 aromatic rings. The van der Waals surface area contributed by atoms with Gasteiger partial charge >= 0.3 is 0 Å². The molecule has 0 radical (unpaired) electrons. The van der Waals surface area contributed by atoms with E-state index in [0.29, 0.717) is 11.0 Å². The lowest BCUT2D eigenvalue weighted by molar-refractivity contribution is 0.623. The first-order chi connectivity index (χ1) is 9.10. The second kappa shape index (κ2) is 5.81. The van der Waals surface area contributed by atoms with Gasteiger partial charge in [0.25, 0.3) is 0 Å². The first-order valence-electron chi connectivity index (χ1n) is 5.47. The maximum absolute atomic E-state index is 13.1. The van der Waals surface area contributed by atoms with Crippen molar-refractivity contribution >= 4 is 21.6 Å². The number of nitrogens with one attached hydrogen (secondary N) is 1. The predicted octanol–water partition coefficient (Wildman–Crippen LogP) is 4.21. The summed E-state index contributed by atoms with van der Waals surface area (Å²) in [7, 11) is 0. The highest BCUT2D eigenvalue weighted by atomic mass is 79.9. The highest BCUT2D eigenvalue weighted by Gasteiger charge is 2.04. The predicted molar refractivity (Wildman–Crippen MR) is 72.5 cm³/mol. The molecule has 0 atom stereocenters. The summed E-state index contributed by atoms with van der Waals surface area (Å²) in [4.78, 5) is 0. The maximum atomic E-state index is 13.1. The SMILES string of the molecule is N#Cc1cc(CNc2ccc(F)cc2Br)ccc1F. The third-order valence-corrected chi connectivity index (χ3v) is 3.22.